The van der Waals surface area contributed by atoms with E-state index in [1.54, 1.807) is 0 Å². The maximum absolute atomic E-state index is 3.50. The topological polar surface area (TPSA) is 18.5 Å². The molecule has 0 bridgehead atoms. The fraction of sp³-hybridized carbons (Fsp3) is 1.00. The Labute approximate surface area is 94.8 Å². The van der Waals surface area contributed by atoms with Crippen LogP contribution in [0.25, 0.3) is 0 Å². The summed E-state index contributed by atoms with van der Waals surface area (Å²) in [6.07, 6.45) is 2.81. The Bertz CT molecular complexity index is 159. The summed E-state index contributed by atoms with van der Waals surface area (Å²) in [5.41, 5.74) is 0. The molecule has 1 atom stereocenters. The average Bonchev–Trinajstić information content (AvgIpc) is 2.17. The van der Waals surface area contributed by atoms with E-state index in [0.29, 0.717) is 0 Å². The van der Waals surface area contributed by atoms with E-state index in [0.717, 1.165) is 25.6 Å². The molecule has 0 aromatic heterocycles. The van der Waals surface area contributed by atoms with E-state index < -0.39 is 0 Å². The molecule has 0 amide bonds. The predicted molar refractivity (Wildman–Crippen MR) is 66.3 cm³/mol. The van der Waals surface area contributed by atoms with Crippen LogP contribution in [0.3, 0.4) is 0 Å². The molecule has 0 radical (unpaired) electrons. The lowest BCUT2D eigenvalue weighted by Crippen LogP contribution is -2.39. The van der Waals surface area contributed by atoms with Crippen LogP contribution in [-0.2, 0) is 0 Å². The summed E-state index contributed by atoms with van der Waals surface area (Å²) < 4.78 is 0. The average molecular weight is 213 g/mol. The molecule has 1 saturated heterocycles. The molecule has 3 heteroatoms. The number of likely N-dealkylation sites (tertiary alicyclic amines) is 1. The standard InChI is InChI=1S/C12H27N3/c1-12-5-4-8-15(11-12)10-7-13-6-9-14(2)3/h12-13H,4-11H2,1-3H3. The second-order valence-corrected chi connectivity index (χ2v) is 5.10. The first-order valence-electron chi connectivity index (χ1n) is 6.26. The molecule has 0 spiro atoms. The molecule has 0 aromatic rings. The molecule has 0 saturated carbocycles. The first kappa shape index (κ1) is 12.9. The molecule has 90 valence electrons. The van der Waals surface area contributed by atoms with Gasteiger partial charge in [0.1, 0.15) is 0 Å². The van der Waals surface area contributed by atoms with E-state index in [-0.39, 0.29) is 0 Å². The number of piperidine rings is 1. The molecule has 1 unspecified atom stereocenters. The number of nitrogens with one attached hydrogen (secondary N) is 1. The van der Waals surface area contributed by atoms with Crippen LogP contribution < -0.4 is 5.32 Å². The van der Waals surface area contributed by atoms with Crippen LogP contribution in [0.1, 0.15) is 19.8 Å². The van der Waals surface area contributed by atoms with Crippen LogP contribution in [-0.4, -0.2) is 63.2 Å². The Morgan fingerprint density at radius 2 is 2.13 bits per heavy atom. The van der Waals surface area contributed by atoms with Gasteiger partial charge in [0.05, 0.1) is 0 Å². The van der Waals surface area contributed by atoms with E-state index in [2.05, 4.69) is 36.1 Å². The number of hydrogen-bond donors (Lipinski definition) is 1. The summed E-state index contributed by atoms with van der Waals surface area (Å²) >= 11 is 0. The Hall–Kier alpha value is -0.120. The highest BCUT2D eigenvalue weighted by Gasteiger charge is 2.14. The molecule has 1 rings (SSSR count). The molecular weight excluding hydrogens is 186 g/mol. The zero-order valence-electron chi connectivity index (χ0n) is 10.6. The van der Waals surface area contributed by atoms with Gasteiger partial charge in [-0.25, -0.2) is 0 Å². The van der Waals surface area contributed by atoms with Gasteiger partial charge in [-0.3, -0.25) is 0 Å². The largest absolute Gasteiger partial charge is 0.314 e. The van der Waals surface area contributed by atoms with Crippen molar-refractivity contribution in [2.75, 3.05) is 53.4 Å². The van der Waals surface area contributed by atoms with Crippen molar-refractivity contribution >= 4 is 0 Å². The van der Waals surface area contributed by atoms with E-state index in [1.807, 2.05) is 0 Å². The van der Waals surface area contributed by atoms with Crippen molar-refractivity contribution in [1.82, 2.24) is 15.1 Å². The number of hydrogen-bond acceptors (Lipinski definition) is 3. The van der Waals surface area contributed by atoms with Crippen molar-refractivity contribution in [3.63, 3.8) is 0 Å². The van der Waals surface area contributed by atoms with Gasteiger partial charge in [0.2, 0.25) is 0 Å². The smallest absolute Gasteiger partial charge is 0.0107 e. The second-order valence-electron chi connectivity index (χ2n) is 5.10. The summed E-state index contributed by atoms with van der Waals surface area (Å²) in [6, 6.07) is 0. The lowest BCUT2D eigenvalue weighted by molar-refractivity contribution is 0.184. The molecule has 0 aliphatic carbocycles. The van der Waals surface area contributed by atoms with Crippen LogP contribution in [0.2, 0.25) is 0 Å². The van der Waals surface area contributed by atoms with Crippen molar-refractivity contribution < 1.29 is 0 Å². The first-order chi connectivity index (χ1) is 7.18. The first-order valence-corrected chi connectivity index (χ1v) is 6.26. The van der Waals surface area contributed by atoms with Gasteiger partial charge >= 0.3 is 0 Å². The van der Waals surface area contributed by atoms with Gasteiger partial charge in [0.25, 0.3) is 0 Å². The van der Waals surface area contributed by atoms with E-state index in [1.165, 1.54) is 32.5 Å². The quantitative estimate of drug-likeness (QED) is 0.661. The Morgan fingerprint density at radius 3 is 2.80 bits per heavy atom. The Balaban J connectivity index is 1.95. The van der Waals surface area contributed by atoms with Gasteiger partial charge in [0.15, 0.2) is 0 Å². The maximum Gasteiger partial charge on any atom is 0.0107 e. The molecule has 0 aromatic carbocycles. The van der Waals surface area contributed by atoms with E-state index in [9.17, 15) is 0 Å². The Morgan fingerprint density at radius 1 is 1.33 bits per heavy atom. The van der Waals surface area contributed by atoms with Gasteiger partial charge in [-0.1, -0.05) is 6.92 Å². The van der Waals surface area contributed by atoms with Crippen LogP contribution >= 0.6 is 0 Å². The van der Waals surface area contributed by atoms with Crippen LogP contribution in [0.15, 0.2) is 0 Å². The molecule has 1 N–H and O–H groups in total. The van der Waals surface area contributed by atoms with Crippen LogP contribution in [0, 0.1) is 5.92 Å². The Kier molecular flexibility index (Phi) is 6.22. The van der Waals surface area contributed by atoms with Gasteiger partial charge < -0.3 is 15.1 Å². The van der Waals surface area contributed by atoms with Crippen molar-refractivity contribution in [3.8, 4) is 0 Å². The van der Waals surface area contributed by atoms with Gasteiger partial charge in [-0.2, -0.15) is 0 Å². The van der Waals surface area contributed by atoms with E-state index >= 15 is 0 Å². The monoisotopic (exact) mass is 213 g/mol. The molecular formula is C12H27N3. The zero-order valence-corrected chi connectivity index (χ0v) is 10.6. The minimum Gasteiger partial charge on any atom is -0.314 e. The van der Waals surface area contributed by atoms with Crippen LogP contribution in [0.5, 0.6) is 0 Å². The van der Waals surface area contributed by atoms with Crippen molar-refractivity contribution in [2.24, 2.45) is 5.92 Å². The van der Waals surface area contributed by atoms with E-state index in [4.69, 9.17) is 0 Å². The molecule has 1 heterocycles. The number of rotatable bonds is 6. The highest BCUT2D eigenvalue weighted by Crippen LogP contribution is 2.14. The van der Waals surface area contributed by atoms with Crippen molar-refractivity contribution in [1.29, 1.82) is 0 Å². The summed E-state index contributed by atoms with van der Waals surface area (Å²) in [4.78, 5) is 4.81. The molecule has 15 heavy (non-hydrogen) atoms. The number of likely N-dealkylation sites (N-methyl/N-ethyl adjacent to an activating group) is 1. The summed E-state index contributed by atoms with van der Waals surface area (Å²) in [5.74, 6) is 0.903. The molecule has 1 fully saturated rings. The minimum atomic E-state index is 0.903. The molecule has 3 nitrogen and oxygen atoms in total. The van der Waals surface area contributed by atoms with Gasteiger partial charge in [0, 0.05) is 32.7 Å². The highest BCUT2D eigenvalue weighted by atomic mass is 15.1. The van der Waals surface area contributed by atoms with Gasteiger partial charge in [-0.15, -0.1) is 0 Å². The highest BCUT2D eigenvalue weighted by molar-refractivity contribution is 4.70. The molecule has 1 aliphatic rings. The fourth-order valence-electron chi connectivity index (χ4n) is 2.15. The summed E-state index contributed by atoms with van der Waals surface area (Å²) in [5, 5.41) is 3.50. The van der Waals surface area contributed by atoms with Gasteiger partial charge in [-0.05, 0) is 39.4 Å². The predicted octanol–water partition coefficient (Wildman–Crippen LogP) is 0.870. The molecule has 1 aliphatic heterocycles. The third kappa shape index (κ3) is 6.13. The summed E-state index contributed by atoms with van der Waals surface area (Å²) in [7, 11) is 4.24. The minimum absolute atomic E-state index is 0.903. The lowest BCUT2D eigenvalue weighted by atomic mass is 10.0. The zero-order chi connectivity index (χ0) is 11.1. The third-order valence-corrected chi connectivity index (χ3v) is 3.08. The summed E-state index contributed by atoms with van der Waals surface area (Å²) in [6.45, 7) is 9.58. The normalized spacial score (nSPS) is 23.6. The van der Waals surface area contributed by atoms with Crippen molar-refractivity contribution in [3.05, 3.63) is 0 Å². The number of nitrogens with zero attached hydrogens (tertiary/aromatic N) is 2. The SMILES string of the molecule is CC1CCCN(CCNCCN(C)C)C1. The fourth-order valence-corrected chi connectivity index (χ4v) is 2.15. The lowest BCUT2D eigenvalue weighted by Gasteiger charge is -2.30. The van der Waals surface area contributed by atoms with Crippen molar-refractivity contribution in [2.45, 2.75) is 19.8 Å². The second kappa shape index (κ2) is 7.20. The third-order valence-electron chi connectivity index (χ3n) is 3.08. The van der Waals surface area contributed by atoms with Crippen LogP contribution in [0.4, 0.5) is 0 Å². The maximum atomic E-state index is 3.50.